The molecule has 11 aromatic rings. The summed E-state index contributed by atoms with van der Waals surface area (Å²) in [5.41, 5.74) is 15.0. The number of para-hydroxylation sites is 2. The number of fused-ring (bicyclic) bond motifs is 11. The number of rotatable bonds is 4. The zero-order valence-electron chi connectivity index (χ0n) is 29.8. The molecule has 4 aromatic heterocycles. The first-order valence-corrected chi connectivity index (χ1v) is 18.9. The molecule has 5 heteroatoms. The van der Waals surface area contributed by atoms with Crippen LogP contribution in [0.1, 0.15) is 17.7 Å². The molecule has 5 nitrogen and oxygen atoms in total. The Labute approximate surface area is 316 Å². The summed E-state index contributed by atoms with van der Waals surface area (Å²) in [7, 11) is 0. The molecule has 55 heavy (non-hydrogen) atoms. The average molecular weight is 705 g/mol. The first-order chi connectivity index (χ1) is 27.3. The fourth-order valence-electron chi connectivity index (χ4n) is 8.92. The van der Waals surface area contributed by atoms with Crippen LogP contribution in [0.4, 0.5) is 0 Å². The predicted octanol–water partition coefficient (Wildman–Crippen LogP) is 12.9. The van der Waals surface area contributed by atoms with E-state index in [2.05, 4.69) is 167 Å². The van der Waals surface area contributed by atoms with Crippen molar-refractivity contribution in [2.75, 3.05) is 0 Å². The number of aryl methyl sites for hydroxylation is 1. The minimum Gasteiger partial charge on any atom is -0.436 e. The lowest BCUT2D eigenvalue weighted by Gasteiger charge is -2.11. The smallest absolute Gasteiger partial charge is 0.246 e. The largest absolute Gasteiger partial charge is 0.436 e. The van der Waals surface area contributed by atoms with Crippen molar-refractivity contribution >= 4 is 71.8 Å². The van der Waals surface area contributed by atoms with E-state index in [1.807, 2.05) is 12.3 Å². The Bertz CT molecular complexity index is 3360. The molecule has 0 saturated carbocycles. The average Bonchev–Trinajstić information content (AvgIpc) is 3.91. The normalized spacial score (nSPS) is 12.9. The van der Waals surface area contributed by atoms with E-state index < -0.39 is 0 Å². The van der Waals surface area contributed by atoms with E-state index in [9.17, 15) is 0 Å². The maximum atomic E-state index is 6.23. The molecule has 7 aromatic carbocycles. The van der Waals surface area contributed by atoms with Gasteiger partial charge in [-0.15, -0.1) is 0 Å². The van der Waals surface area contributed by atoms with Crippen LogP contribution in [0.2, 0.25) is 0 Å². The number of hydrogen-bond donors (Lipinski definition) is 0. The number of nitrogens with zero attached hydrogens (tertiary/aromatic N) is 4. The maximum absolute atomic E-state index is 6.23. The molecule has 0 spiro atoms. The number of benzene rings is 7. The molecule has 0 N–H and O–H groups in total. The molecule has 258 valence electrons. The molecular weight excluding hydrogens is 673 g/mol. The summed E-state index contributed by atoms with van der Waals surface area (Å²) in [6.07, 6.45) is 8.58. The van der Waals surface area contributed by atoms with Crippen molar-refractivity contribution in [1.29, 1.82) is 0 Å². The second-order valence-corrected chi connectivity index (χ2v) is 14.5. The Morgan fingerprint density at radius 3 is 2.09 bits per heavy atom. The highest BCUT2D eigenvalue weighted by molar-refractivity contribution is 6.17. The molecule has 0 saturated heterocycles. The second-order valence-electron chi connectivity index (χ2n) is 14.5. The topological polar surface area (TPSA) is 48.8 Å². The third-order valence-electron chi connectivity index (χ3n) is 11.5. The summed E-state index contributed by atoms with van der Waals surface area (Å²) in [5.74, 6) is 0. The number of allylic oxidation sites excluding steroid dienone is 1. The van der Waals surface area contributed by atoms with Gasteiger partial charge in [-0.25, -0.2) is 9.97 Å². The van der Waals surface area contributed by atoms with Crippen LogP contribution in [0.15, 0.2) is 168 Å². The Hall–Kier alpha value is -7.24. The fraction of sp³-hybridized carbons (Fsp3) is 0.0400. The zero-order chi connectivity index (χ0) is 36.0. The summed E-state index contributed by atoms with van der Waals surface area (Å²) in [6.45, 7) is 0. The van der Waals surface area contributed by atoms with Crippen LogP contribution in [0.5, 0.6) is 0 Å². The van der Waals surface area contributed by atoms with Crippen LogP contribution in [0.25, 0.3) is 106 Å². The van der Waals surface area contributed by atoms with Gasteiger partial charge in [0, 0.05) is 38.8 Å². The highest BCUT2D eigenvalue weighted by atomic mass is 16.3. The first kappa shape index (κ1) is 30.2. The molecule has 1 aliphatic rings. The summed E-state index contributed by atoms with van der Waals surface area (Å²) in [4.78, 5) is 9.81. The van der Waals surface area contributed by atoms with Crippen LogP contribution in [-0.2, 0) is 6.42 Å². The molecule has 0 unspecified atom stereocenters. The van der Waals surface area contributed by atoms with Crippen molar-refractivity contribution in [2.24, 2.45) is 0 Å². The standard InChI is InChI=1S/C50H32N4O/c1-2-11-35(12-3-1)53-43-16-8-6-14-38(43)40-28-33(20-25-45(40)53)34-21-26-46-41(29-34)39-15-7-9-17-44(39)54(46)36-23-18-32(19-24-36)42-30-51-49-48-37-13-5-4-10-31(37)22-27-47(48)55-50(49)52-42/h1-5,7-13,15-30H,6,14H2. The highest BCUT2D eigenvalue weighted by Gasteiger charge is 2.20. The van der Waals surface area contributed by atoms with Gasteiger partial charge in [0.2, 0.25) is 5.71 Å². The molecule has 1 aliphatic carbocycles. The van der Waals surface area contributed by atoms with E-state index in [1.165, 1.54) is 60.8 Å². The van der Waals surface area contributed by atoms with Crippen molar-refractivity contribution in [3.8, 4) is 33.8 Å². The molecular formula is C50H32N4O. The SMILES string of the molecule is C1=Cc2c(c3cc(-c4ccc5c(c4)c4ccccc4n5-c4ccc(-c5cnc6c(n5)oc5ccc7ccccc7c56)cc4)ccc3n2-c2ccccc2)CC1. The number of aromatic nitrogens is 4. The van der Waals surface area contributed by atoms with Crippen molar-refractivity contribution < 1.29 is 4.42 Å². The third kappa shape index (κ3) is 4.53. The van der Waals surface area contributed by atoms with Crippen molar-refractivity contribution in [2.45, 2.75) is 12.8 Å². The van der Waals surface area contributed by atoms with E-state index in [4.69, 9.17) is 14.4 Å². The molecule has 0 atom stereocenters. The fourth-order valence-corrected chi connectivity index (χ4v) is 8.92. The van der Waals surface area contributed by atoms with Gasteiger partial charge in [0.1, 0.15) is 11.1 Å². The summed E-state index contributed by atoms with van der Waals surface area (Å²) >= 11 is 0. The van der Waals surface area contributed by atoms with E-state index in [-0.39, 0.29) is 0 Å². The van der Waals surface area contributed by atoms with Crippen LogP contribution >= 0.6 is 0 Å². The van der Waals surface area contributed by atoms with E-state index in [0.717, 1.165) is 57.0 Å². The van der Waals surface area contributed by atoms with Gasteiger partial charge >= 0.3 is 0 Å². The van der Waals surface area contributed by atoms with E-state index in [1.54, 1.807) is 0 Å². The van der Waals surface area contributed by atoms with Crippen LogP contribution in [0, 0.1) is 0 Å². The van der Waals surface area contributed by atoms with Gasteiger partial charge in [0.15, 0.2) is 0 Å². The summed E-state index contributed by atoms with van der Waals surface area (Å²) < 4.78 is 11.0. The Kier molecular flexibility index (Phi) is 6.39. The molecule has 0 bridgehead atoms. The highest BCUT2D eigenvalue weighted by Crippen LogP contribution is 2.40. The molecule has 0 amide bonds. The Morgan fingerprint density at radius 2 is 1.24 bits per heavy atom. The minimum atomic E-state index is 0.552. The Balaban J connectivity index is 0.940. The third-order valence-corrected chi connectivity index (χ3v) is 11.5. The van der Waals surface area contributed by atoms with Gasteiger partial charge in [0.25, 0.3) is 0 Å². The minimum absolute atomic E-state index is 0.552. The molecule has 0 radical (unpaired) electrons. The number of furan rings is 1. The number of hydrogen-bond acceptors (Lipinski definition) is 3. The van der Waals surface area contributed by atoms with Gasteiger partial charge in [-0.3, -0.25) is 0 Å². The lowest BCUT2D eigenvalue weighted by Crippen LogP contribution is -1.99. The van der Waals surface area contributed by atoms with E-state index >= 15 is 0 Å². The second kappa shape index (κ2) is 11.6. The van der Waals surface area contributed by atoms with Crippen LogP contribution in [0.3, 0.4) is 0 Å². The predicted molar refractivity (Wildman–Crippen MR) is 226 cm³/mol. The van der Waals surface area contributed by atoms with Crippen molar-refractivity contribution in [3.63, 3.8) is 0 Å². The van der Waals surface area contributed by atoms with Gasteiger partial charge in [-0.2, -0.15) is 0 Å². The monoisotopic (exact) mass is 704 g/mol. The quantitative estimate of drug-likeness (QED) is 0.183. The van der Waals surface area contributed by atoms with Gasteiger partial charge in [0.05, 0.1) is 33.8 Å². The first-order valence-electron chi connectivity index (χ1n) is 18.9. The molecule has 12 rings (SSSR count). The van der Waals surface area contributed by atoms with Gasteiger partial charge in [-0.1, -0.05) is 97.1 Å². The van der Waals surface area contributed by atoms with Crippen molar-refractivity contribution in [1.82, 2.24) is 19.1 Å². The maximum Gasteiger partial charge on any atom is 0.246 e. The molecule has 4 heterocycles. The zero-order valence-corrected chi connectivity index (χ0v) is 29.8. The lowest BCUT2D eigenvalue weighted by molar-refractivity contribution is 0.654. The lowest BCUT2D eigenvalue weighted by atomic mass is 9.97. The summed E-state index contributed by atoms with van der Waals surface area (Å²) in [6, 6.07) is 54.4. The molecule has 0 fully saturated rings. The van der Waals surface area contributed by atoms with Crippen LogP contribution in [-0.4, -0.2) is 19.1 Å². The van der Waals surface area contributed by atoms with Crippen molar-refractivity contribution in [3.05, 3.63) is 175 Å². The van der Waals surface area contributed by atoms with E-state index in [0.29, 0.717) is 5.71 Å². The molecule has 0 aliphatic heterocycles. The summed E-state index contributed by atoms with van der Waals surface area (Å²) in [5, 5.41) is 7.10. The Morgan fingerprint density at radius 1 is 0.545 bits per heavy atom. The van der Waals surface area contributed by atoms with Gasteiger partial charge < -0.3 is 13.6 Å². The van der Waals surface area contributed by atoms with Crippen LogP contribution < -0.4 is 0 Å². The van der Waals surface area contributed by atoms with Gasteiger partial charge in [-0.05, 0) is 107 Å².